The first-order chi connectivity index (χ1) is 10.1. The Hall–Kier alpha value is -2.53. The zero-order valence-electron chi connectivity index (χ0n) is 10.9. The number of carboxylic acids is 1. The van der Waals surface area contributed by atoms with E-state index in [1.165, 1.54) is 0 Å². The van der Waals surface area contributed by atoms with Crippen LogP contribution in [0.3, 0.4) is 0 Å². The lowest BCUT2D eigenvalue weighted by Crippen LogP contribution is -2.36. The number of anilines is 1. The van der Waals surface area contributed by atoms with E-state index in [4.69, 9.17) is 11.6 Å². The Morgan fingerprint density at radius 1 is 1.00 bits per heavy atom. The van der Waals surface area contributed by atoms with Crippen LogP contribution in [0, 0.1) is 0 Å². The van der Waals surface area contributed by atoms with E-state index in [0.717, 1.165) is 0 Å². The van der Waals surface area contributed by atoms with Gasteiger partial charge in [-0.1, -0.05) is 48.0 Å². The van der Waals surface area contributed by atoms with Crippen LogP contribution in [0.2, 0.25) is 5.02 Å². The number of urea groups is 1. The molecule has 2 amide bonds. The van der Waals surface area contributed by atoms with E-state index in [1.54, 1.807) is 48.5 Å². The molecule has 0 fully saturated rings. The second kappa shape index (κ2) is 6.76. The molecular weight excluding hydrogens is 292 g/mol. The highest BCUT2D eigenvalue weighted by molar-refractivity contribution is 6.31. The fourth-order valence-corrected chi connectivity index (χ4v) is 2.05. The van der Waals surface area contributed by atoms with Crippen molar-refractivity contribution in [1.29, 1.82) is 0 Å². The summed E-state index contributed by atoms with van der Waals surface area (Å²) in [6, 6.07) is 13.4. The van der Waals surface area contributed by atoms with Crippen molar-refractivity contribution in [2.24, 2.45) is 0 Å². The van der Waals surface area contributed by atoms with E-state index in [1.807, 2.05) is 6.07 Å². The summed E-state index contributed by atoms with van der Waals surface area (Å²) in [7, 11) is 0. The zero-order valence-corrected chi connectivity index (χ0v) is 11.7. The van der Waals surface area contributed by atoms with Gasteiger partial charge in [0.2, 0.25) is 0 Å². The van der Waals surface area contributed by atoms with Gasteiger partial charge in [0.25, 0.3) is 0 Å². The van der Waals surface area contributed by atoms with Crippen LogP contribution < -0.4 is 10.6 Å². The van der Waals surface area contributed by atoms with Crippen LogP contribution in [0.1, 0.15) is 11.6 Å². The summed E-state index contributed by atoms with van der Waals surface area (Å²) in [4.78, 5) is 23.2. The fourth-order valence-electron chi connectivity index (χ4n) is 1.80. The Morgan fingerprint density at radius 2 is 1.62 bits per heavy atom. The van der Waals surface area contributed by atoms with Gasteiger partial charge in [-0.05, 0) is 18.2 Å². The maximum absolute atomic E-state index is 11.9. The molecule has 0 spiro atoms. The van der Waals surface area contributed by atoms with Gasteiger partial charge >= 0.3 is 12.0 Å². The van der Waals surface area contributed by atoms with Gasteiger partial charge in [0, 0.05) is 16.3 Å². The number of rotatable bonds is 4. The summed E-state index contributed by atoms with van der Waals surface area (Å²) >= 11 is 5.97. The normalized spacial score (nSPS) is 11.5. The molecule has 21 heavy (non-hydrogen) atoms. The summed E-state index contributed by atoms with van der Waals surface area (Å²) in [5.74, 6) is -1.19. The molecule has 6 heteroatoms. The Balaban J connectivity index is 2.12. The molecular formula is C15H13ClN2O3. The third-order valence-corrected chi connectivity index (χ3v) is 3.11. The van der Waals surface area contributed by atoms with Gasteiger partial charge < -0.3 is 15.7 Å². The largest absolute Gasteiger partial charge is 0.479 e. The Bertz CT molecular complexity index is 646. The lowest BCUT2D eigenvalue weighted by molar-refractivity contribution is -0.139. The third kappa shape index (κ3) is 3.97. The number of aliphatic carboxylic acids is 1. The van der Waals surface area contributed by atoms with Gasteiger partial charge in [-0.3, -0.25) is 0 Å². The SMILES string of the molecule is O=C(Nc1ccccc1)N[C@@H](C(=O)O)c1ccccc1Cl. The first-order valence-corrected chi connectivity index (χ1v) is 6.55. The van der Waals surface area contributed by atoms with Crippen LogP contribution in [-0.2, 0) is 4.79 Å². The van der Waals surface area contributed by atoms with Crippen LogP contribution in [0.25, 0.3) is 0 Å². The maximum atomic E-state index is 11.9. The molecule has 0 unspecified atom stereocenters. The average Bonchev–Trinajstić information content (AvgIpc) is 2.46. The Labute approximate surface area is 126 Å². The topological polar surface area (TPSA) is 78.4 Å². The van der Waals surface area contributed by atoms with Gasteiger partial charge in [0.15, 0.2) is 6.04 Å². The molecule has 2 aromatic carbocycles. The molecule has 3 N–H and O–H groups in total. The molecule has 0 saturated heterocycles. The first kappa shape index (κ1) is 14.9. The molecule has 0 heterocycles. The van der Waals surface area contributed by atoms with Crippen LogP contribution >= 0.6 is 11.6 Å². The number of nitrogens with one attached hydrogen (secondary N) is 2. The summed E-state index contributed by atoms with van der Waals surface area (Å²) in [6.07, 6.45) is 0. The minimum absolute atomic E-state index is 0.282. The number of hydrogen-bond acceptors (Lipinski definition) is 2. The predicted molar refractivity (Wildman–Crippen MR) is 80.4 cm³/mol. The molecule has 0 radical (unpaired) electrons. The second-order valence-corrected chi connectivity index (χ2v) is 4.66. The van der Waals surface area contributed by atoms with E-state index in [0.29, 0.717) is 11.3 Å². The highest BCUT2D eigenvalue weighted by Gasteiger charge is 2.24. The van der Waals surface area contributed by atoms with Crippen molar-refractivity contribution in [2.75, 3.05) is 5.32 Å². The Kier molecular flexibility index (Phi) is 4.79. The number of para-hydroxylation sites is 1. The summed E-state index contributed by atoms with van der Waals surface area (Å²) in [5.41, 5.74) is 0.896. The van der Waals surface area contributed by atoms with E-state index in [-0.39, 0.29) is 5.02 Å². The number of halogens is 1. The van der Waals surface area contributed by atoms with Crippen LogP contribution in [-0.4, -0.2) is 17.1 Å². The molecule has 0 saturated carbocycles. The summed E-state index contributed by atoms with van der Waals surface area (Å²) in [6.45, 7) is 0. The van der Waals surface area contributed by atoms with Gasteiger partial charge in [-0.25, -0.2) is 9.59 Å². The second-order valence-electron chi connectivity index (χ2n) is 4.26. The zero-order chi connectivity index (χ0) is 15.2. The van der Waals surface area contributed by atoms with Crippen molar-refractivity contribution in [3.05, 3.63) is 65.2 Å². The molecule has 0 aliphatic heterocycles. The molecule has 108 valence electrons. The monoisotopic (exact) mass is 304 g/mol. The summed E-state index contributed by atoms with van der Waals surface area (Å²) < 4.78 is 0. The van der Waals surface area contributed by atoms with Crippen LogP contribution in [0.5, 0.6) is 0 Å². The van der Waals surface area contributed by atoms with Crippen molar-refractivity contribution in [2.45, 2.75) is 6.04 Å². The predicted octanol–water partition coefficient (Wildman–Crippen LogP) is 3.29. The number of amides is 2. The number of benzene rings is 2. The van der Waals surface area contributed by atoms with Crippen LogP contribution in [0.15, 0.2) is 54.6 Å². The van der Waals surface area contributed by atoms with Gasteiger partial charge in [-0.2, -0.15) is 0 Å². The third-order valence-electron chi connectivity index (χ3n) is 2.77. The number of hydrogen-bond donors (Lipinski definition) is 3. The highest BCUT2D eigenvalue weighted by atomic mass is 35.5. The molecule has 1 atom stereocenters. The average molecular weight is 305 g/mol. The lowest BCUT2D eigenvalue weighted by Gasteiger charge is -2.16. The van der Waals surface area contributed by atoms with E-state index < -0.39 is 18.0 Å². The number of carboxylic acid groups (broad SMARTS) is 1. The Morgan fingerprint density at radius 3 is 2.24 bits per heavy atom. The van der Waals surface area contributed by atoms with Crippen molar-refractivity contribution >= 4 is 29.3 Å². The molecule has 2 aromatic rings. The smallest absolute Gasteiger partial charge is 0.331 e. The van der Waals surface area contributed by atoms with E-state index in [2.05, 4.69) is 10.6 Å². The highest BCUT2D eigenvalue weighted by Crippen LogP contribution is 2.23. The van der Waals surface area contributed by atoms with Crippen molar-refractivity contribution in [3.8, 4) is 0 Å². The van der Waals surface area contributed by atoms with E-state index in [9.17, 15) is 14.7 Å². The maximum Gasteiger partial charge on any atom is 0.331 e. The van der Waals surface area contributed by atoms with Crippen LogP contribution in [0.4, 0.5) is 10.5 Å². The standard InChI is InChI=1S/C15H13ClN2O3/c16-12-9-5-4-8-11(12)13(14(19)20)18-15(21)17-10-6-2-1-3-7-10/h1-9,13H,(H,19,20)(H2,17,18,21)/t13-/m1/s1. The number of carbonyl (C=O) groups excluding carboxylic acids is 1. The van der Waals surface area contributed by atoms with E-state index >= 15 is 0 Å². The molecule has 2 rings (SSSR count). The van der Waals surface area contributed by atoms with Gasteiger partial charge in [0.1, 0.15) is 0 Å². The molecule has 0 bridgehead atoms. The van der Waals surface area contributed by atoms with Crippen molar-refractivity contribution in [1.82, 2.24) is 5.32 Å². The fraction of sp³-hybridized carbons (Fsp3) is 0.0667. The number of carbonyl (C=O) groups is 2. The quantitative estimate of drug-likeness (QED) is 0.811. The van der Waals surface area contributed by atoms with Crippen molar-refractivity contribution < 1.29 is 14.7 Å². The van der Waals surface area contributed by atoms with Gasteiger partial charge in [0.05, 0.1) is 0 Å². The van der Waals surface area contributed by atoms with Crippen molar-refractivity contribution in [3.63, 3.8) is 0 Å². The summed E-state index contributed by atoms with van der Waals surface area (Å²) in [5, 5.41) is 14.5. The molecule has 0 aromatic heterocycles. The molecule has 0 aliphatic rings. The minimum Gasteiger partial charge on any atom is -0.479 e. The molecule has 0 aliphatic carbocycles. The van der Waals surface area contributed by atoms with Gasteiger partial charge in [-0.15, -0.1) is 0 Å². The molecule has 5 nitrogen and oxygen atoms in total. The lowest BCUT2D eigenvalue weighted by atomic mass is 10.1. The minimum atomic E-state index is -1.22. The first-order valence-electron chi connectivity index (χ1n) is 6.17.